The van der Waals surface area contributed by atoms with Gasteiger partial charge in [-0.3, -0.25) is 10.1 Å². The topological polar surface area (TPSA) is 59.8 Å². The van der Waals surface area contributed by atoms with Crippen LogP contribution in [0.5, 0.6) is 0 Å². The van der Waals surface area contributed by atoms with Crippen molar-refractivity contribution in [3.63, 3.8) is 0 Å². The van der Waals surface area contributed by atoms with E-state index in [1.165, 1.54) is 17.5 Å². The van der Waals surface area contributed by atoms with Gasteiger partial charge in [0.15, 0.2) is 5.13 Å². The number of carbonyl (C=O) groups is 1. The van der Waals surface area contributed by atoms with E-state index in [1.807, 2.05) is 11.5 Å². The standard InChI is InChI=1S/C18H17ClN4OS/c1-4-7-23-11(2)8-14(12(23)3)15-10-25-18(21-15)22-17(24)13-5-6-16(19)20-9-13/h4-6,8-10H,1,7H2,2-3H3,(H,21,22,24). The van der Waals surface area contributed by atoms with E-state index in [0.29, 0.717) is 15.8 Å². The quantitative estimate of drug-likeness (QED) is 0.521. The summed E-state index contributed by atoms with van der Waals surface area (Å²) in [5, 5.41) is 5.63. The normalized spacial score (nSPS) is 10.7. The van der Waals surface area contributed by atoms with Crippen molar-refractivity contribution in [2.45, 2.75) is 20.4 Å². The Balaban J connectivity index is 1.81. The van der Waals surface area contributed by atoms with Gasteiger partial charge in [0.05, 0.1) is 11.3 Å². The number of aryl methyl sites for hydroxylation is 1. The molecule has 7 heteroatoms. The maximum Gasteiger partial charge on any atom is 0.259 e. The first-order valence-electron chi connectivity index (χ1n) is 7.66. The summed E-state index contributed by atoms with van der Waals surface area (Å²) >= 11 is 7.13. The van der Waals surface area contributed by atoms with Crippen LogP contribution in [0.15, 0.2) is 42.4 Å². The maximum absolute atomic E-state index is 12.2. The average molecular weight is 373 g/mol. The Bertz CT molecular complexity index is 927. The van der Waals surface area contributed by atoms with Crippen LogP contribution in [0.2, 0.25) is 5.15 Å². The van der Waals surface area contributed by atoms with Crippen LogP contribution in [0, 0.1) is 13.8 Å². The SMILES string of the molecule is C=CCn1c(C)cc(-c2csc(NC(=O)c3ccc(Cl)nc3)n2)c1C. The molecule has 3 heterocycles. The number of hydrogen-bond acceptors (Lipinski definition) is 4. The number of rotatable bonds is 5. The molecule has 0 radical (unpaired) electrons. The number of thiazole rings is 1. The molecule has 0 spiro atoms. The van der Waals surface area contributed by atoms with Gasteiger partial charge in [0.2, 0.25) is 0 Å². The monoisotopic (exact) mass is 372 g/mol. The highest BCUT2D eigenvalue weighted by Crippen LogP contribution is 2.30. The molecule has 0 fully saturated rings. The summed E-state index contributed by atoms with van der Waals surface area (Å²) in [5.74, 6) is -0.262. The number of halogens is 1. The molecule has 0 aliphatic heterocycles. The lowest BCUT2D eigenvalue weighted by atomic mass is 10.2. The second kappa shape index (κ2) is 7.21. The summed E-state index contributed by atoms with van der Waals surface area (Å²) in [4.78, 5) is 20.7. The molecule has 0 aromatic carbocycles. The molecule has 128 valence electrons. The Morgan fingerprint density at radius 3 is 2.92 bits per heavy atom. The van der Waals surface area contributed by atoms with Gasteiger partial charge in [0.25, 0.3) is 5.91 Å². The van der Waals surface area contributed by atoms with Crippen molar-refractivity contribution < 1.29 is 4.79 Å². The van der Waals surface area contributed by atoms with Crippen molar-refractivity contribution in [3.8, 4) is 11.3 Å². The van der Waals surface area contributed by atoms with Crippen LogP contribution in [0.25, 0.3) is 11.3 Å². The summed E-state index contributed by atoms with van der Waals surface area (Å²) in [7, 11) is 0. The fraction of sp³-hybridized carbons (Fsp3) is 0.167. The minimum Gasteiger partial charge on any atom is -0.345 e. The van der Waals surface area contributed by atoms with Crippen LogP contribution in [0.1, 0.15) is 21.7 Å². The Morgan fingerprint density at radius 2 is 2.24 bits per heavy atom. The van der Waals surface area contributed by atoms with Crippen LogP contribution in [0.4, 0.5) is 5.13 Å². The predicted molar refractivity (Wildman–Crippen MR) is 102 cm³/mol. The molecule has 0 atom stereocenters. The fourth-order valence-electron chi connectivity index (χ4n) is 2.60. The van der Waals surface area contributed by atoms with E-state index in [-0.39, 0.29) is 5.91 Å². The van der Waals surface area contributed by atoms with Gasteiger partial charge in [-0.25, -0.2) is 9.97 Å². The van der Waals surface area contributed by atoms with Crippen LogP contribution in [0.3, 0.4) is 0 Å². The maximum atomic E-state index is 12.2. The third-order valence-electron chi connectivity index (χ3n) is 3.88. The van der Waals surface area contributed by atoms with Gasteiger partial charge in [-0.05, 0) is 32.0 Å². The molecular formula is C18H17ClN4OS. The highest BCUT2D eigenvalue weighted by atomic mass is 35.5. The molecule has 0 aliphatic carbocycles. The highest BCUT2D eigenvalue weighted by molar-refractivity contribution is 7.14. The van der Waals surface area contributed by atoms with Crippen molar-refractivity contribution >= 4 is 34.0 Å². The van der Waals surface area contributed by atoms with E-state index < -0.39 is 0 Å². The smallest absolute Gasteiger partial charge is 0.259 e. The second-order valence-corrected chi connectivity index (χ2v) is 6.79. The Hall–Kier alpha value is -2.44. The Labute approximate surface area is 155 Å². The van der Waals surface area contributed by atoms with E-state index in [1.54, 1.807) is 12.1 Å². The number of nitrogens with one attached hydrogen (secondary N) is 1. The minimum absolute atomic E-state index is 0.262. The summed E-state index contributed by atoms with van der Waals surface area (Å²) < 4.78 is 2.18. The summed E-state index contributed by atoms with van der Waals surface area (Å²) in [6, 6.07) is 5.31. The summed E-state index contributed by atoms with van der Waals surface area (Å²) in [6.07, 6.45) is 3.31. The molecule has 0 bridgehead atoms. The number of nitrogens with zero attached hydrogens (tertiary/aromatic N) is 3. The summed E-state index contributed by atoms with van der Waals surface area (Å²) in [5.41, 5.74) is 4.62. The van der Waals surface area contributed by atoms with Gasteiger partial charge < -0.3 is 4.57 Å². The zero-order valence-corrected chi connectivity index (χ0v) is 15.5. The number of amides is 1. The molecule has 3 aromatic rings. The van der Waals surface area contributed by atoms with Gasteiger partial charge in [-0.2, -0.15) is 0 Å². The first-order chi connectivity index (χ1) is 12.0. The molecule has 5 nitrogen and oxygen atoms in total. The van der Waals surface area contributed by atoms with Crippen molar-refractivity contribution in [3.05, 3.63) is 64.5 Å². The van der Waals surface area contributed by atoms with Gasteiger partial charge in [0, 0.05) is 35.1 Å². The van der Waals surface area contributed by atoms with Crippen molar-refractivity contribution in [1.82, 2.24) is 14.5 Å². The number of anilines is 1. The zero-order valence-electron chi connectivity index (χ0n) is 13.9. The van der Waals surface area contributed by atoms with E-state index in [9.17, 15) is 4.79 Å². The fourth-order valence-corrected chi connectivity index (χ4v) is 3.42. The molecule has 0 aliphatic rings. The van der Waals surface area contributed by atoms with E-state index in [2.05, 4.69) is 46.3 Å². The third-order valence-corrected chi connectivity index (χ3v) is 4.86. The molecule has 0 saturated carbocycles. The van der Waals surface area contributed by atoms with Crippen molar-refractivity contribution in [1.29, 1.82) is 0 Å². The van der Waals surface area contributed by atoms with Crippen LogP contribution < -0.4 is 5.32 Å². The number of carbonyl (C=O) groups excluding carboxylic acids is 1. The van der Waals surface area contributed by atoms with Gasteiger partial charge in [-0.1, -0.05) is 17.7 Å². The molecule has 1 N–H and O–H groups in total. The largest absolute Gasteiger partial charge is 0.345 e. The van der Waals surface area contributed by atoms with Crippen LogP contribution in [-0.4, -0.2) is 20.4 Å². The number of hydrogen-bond donors (Lipinski definition) is 1. The van der Waals surface area contributed by atoms with E-state index in [0.717, 1.165) is 29.2 Å². The lowest BCUT2D eigenvalue weighted by Gasteiger charge is -2.05. The zero-order chi connectivity index (χ0) is 18.0. The lowest BCUT2D eigenvalue weighted by Crippen LogP contribution is -2.11. The minimum atomic E-state index is -0.262. The van der Waals surface area contributed by atoms with Crippen molar-refractivity contribution in [2.24, 2.45) is 0 Å². The Morgan fingerprint density at radius 1 is 1.44 bits per heavy atom. The number of pyridine rings is 1. The van der Waals surface area contributed by atoms with E-state index >= 15 is 0 Å². The molecule has 3 rings (SSSR count). The summed E-state index contributed by atoms with van der Waals surface area (Å²) in [6.45, 7) is 8.67. The highest BCUT2D eigenvalue weighted by Gasteiger charge is 2.14. The first-order valence-corrected chi connectivity index (χ1v) is 8.91. The molecule has 25 heavy (non-hydrogen) atoms. The molecule has 1 amide bonds. The number of aromatic nitrogens is 3. The molecule has 0 saturated heterocycles. The molecular weight excluding hydrogens is 356 g/mol. The van der Waals surface area contributed by atoms with Crippen molar-refractivity contribution in [2.75, 3.05) is 5.32 Å². The van der Waals surface area contributed by atoms with Gasteiger partial charge >= 0.3 is 0 Å². The van der Waals surface area contributed by atoms with Crippen LogP contribution >= 0.6 is 22.9 Å². The average Bonchev–Trinajstić information content (AvgIpc) is 3.15. The number of allylic oxidation sites excluding steroid dienone is 1. The molecule has 0 unspecified atom stereocenters. The van der Waals surface area contributed by atoms with Gasteiger partial charge in [0.1, 0.15) is 5.15 Å². The van der Waals surface area contributed by atoms with E-state index in [4.69, 9.17) is 11.6 Å². The third kappa shape index (κ3) is 3.65. The lowest BCUT2D eigenvalue weighted by molar-refractivity contribution is 0.102. The molecule has 3 aromatic heterocycles. The van der Waals surface area contributed by atoms with Gasteiger partial charge in [-0.15, -0.1) is 17.9 Å². The second-order valence-electron chi connectivity index (χ2n) is 5.55. The van der Waals surface area contributed by atoms with Crippen LogP contribution in [-0.2, 0) is 6.54 Å². The Kier molecular flexibility index (Phi) is 5.01. The first kappa shape index (κ1) is 17.4. The predicted octanol–water partition coefficient (Wildman–Crippen LogP) is 4.72.